The molecule has 1 saturated heterocycles. The molecule has 0 amide bonds. The lowest BCUT2D eigenvalue weighted by Crippen LogP contribution is -2.43. The van der Waals surface area contributed by atoms with Crippen LogP contribution in [0.5, 0.6) is 0 Å². The van der Waals surface area contributed by atoms with Crippen LogP contribution in [0.1, 0.15) is 32.6 Å². The zero-order chi connectivity index (χ0) is 18.9. The van der Waals surface area contributed by atoms with Crippen molar-refractivity contribution in [3.63, 3.8) is 0 Å². The molecular formula is C17H19Cl2N3O3S. The van der Waals surface area contributed by atoms with E-state index in [4.69, 9.17) is 23.2 Å². The van der Waals surface area contributed by atoms with Gasteiger partial charge in [-0.1, -0.05) is 36.5 Å². The molecule has 26 heavy (non-hydrogen) atoms. The molecule has 1 fully saturated rings. The summed E-state index contributed by atoms with van der Waals surface area (Å²) >= 11 is 11.6. The molecule has 0 bridgehead atoms. The van der Waals surface area contributed by atoms with E-state index in [-0.39, 0.29) is 21.0 Å². The zero-order valence-electron chi connectivity index (χ0n) is 14.2. The van der Waals surface area contributed by atoms with E-state index >= 15 is 0 Å². The molecule has 6 nitrogen and oxygen atoms in total. The predicted molar refractivity (Wildman–Crippen MR) is 102 cm³/mol. The fourth-order valence-corrected chi connectivity index (χ4v) is 5.21. The predicted octanol–water partition coefficient (Wildman–Crippen LogP) is 3.49. The number of hydrogen-bond donors (Lipinski definition) is 0. The third-order valence-electron chi connectivity index (χ3n) is 4.61. The number of sulfonamides is 1. The lowest BCUT2D eigenvalue weighted by atomic mass is 10.0. The van der Waals surface area contributed by atoms with E-state index in [2.05, 4.69) is 5.10 Å². The molecule has 140 valence electrons. The first-order valence-corrected chi connectivity index (χ1v) is 10.6. The molecule has 1 aliphatic heterocycles. The molecule has 0 saturated carbocycles. The Morgan fingerprint density at radius 1 is 1.19 bits per heavy atom. The van der Waals surface area contributed by atoms with Crippen LogP contribution in [-0.2, 0) is 10.0 Å². The van der Waals surface area contributed by atoms with Crippen molar-refractivity contribution in [2.24, 2.45) is 0 Å². The van der Waals surface area contributed by atoms with Crippen molar-refractivity contribution < 1.29 is 8.42 Å². The van der Waals surface area contributed by atoms with Crippen LogP contribution in [0.3, 0.4) is 0 Å². The van der Waals surface area contributed by atoms with Crippen LogP contribution >= 0.6 is 23.2 Å². The van der Waals surface area contributed by atoms with Crippen LogP contribution < -0.4 is 5.56 Å². The number of nitrogens with zero attached hydrogens (tertiary/aromatic N) is 3. The monoisotopic (exact) mass is 415 g/mol. The number of aromatic nitrogens is 2. The topological polar surface area (TPSA) is 72.3 Å². The molecule has 1 aromatic carbocycles. The quantitative estimate of drug-likeness (QED) is 0.765. The molecule has 0 N–H and O–H groups in total. The van der Waals surface area contributed by atoms with Crippen LogP contribution in [0.4, 0.5) is 0 Å². The zero-order valence-corrected chi connectivity index (χ0v) is 16.6. The van der Waals surface area contributed by atoms with Gasteiger partial charge < -0.3 is 0 Å². The molecule has 2 aromatic rings. The maximum atomic E-state index is 13.0. The Balaban J connectivity index is 1.95. The number of piperidine rings is 1. The second-order valence-corrected chi connectivity index (χ2v) is 8.87. The first-order chi connectivity index (χ1) is 12.4. The van der Waals surface area contributed by atoms with Gasteiger partial charge in [0.15, 0.2) is 0 Å². The highest BCUT2D eigenvalue weighted by Gasteiger charge is 2.32. The lowest BCUT2D eigenvalue weighted by Gasteiger charge is -2.34. The van der Waals surface area contributed by atoms with Crippen molar-refractivity contribution in [2.75, 3.05) is 6.54 Å². The second-order valence-electron chi connectivity index (χ2n) is 6.19. The second kappa shape index (κ2) is 7.68. The SMILES string of the molecule is CC[C@@H]1CCCCN1S(=O)(=O)c1ccc(-n2ncc(Cl)c(Cl)c2=O)cc1. The number of halogens is 2. The fraction of sp³-hybridized carbons (Fsp3) is 0.412. The minimum atomic E-state index is -3.57. The van der Waals surface area contributed by atoms with E-state index in [0.717, 1.165) is 30.4 Å². The number of rotatable bonds is 4. The third-order valence-corrected chi connectivity index (χ3v) is 7.32. The van der Waals surface area contributed by atoms with E-state index < -0.39 is 15.6 Å². The Bertz CT molecular complexity index is 958. The van der Waals surface area contributed by atoms with E-state index in [1.807, 2.05) is 6.92 Å². The molecule has 0 radical (unpaired) electrons. The largest absolute Gasteiger partial charge is 0.291 e. The summed E-state index contributed by atoms with van der Waals surface area (Å²) in [6, 6.07) is 6.09. The van der Waals surface area contributed by atoms with Gasteiger partial charge in [-0.2, -0.15) is 14.1 Å². The summed E-state index contributed by atoms with van der Waals surface area (Å²) in [4.78, 5) is 12.4. The Morgan fingerprint density at radius 2 is 1.88 bits per heavy atom. The Hall–Kier alpha value is -1.41. The molecule has 1 aromatic heterocycles. The van der Waals surface area contributed by atoms with Gasteiger partial charge in [0, 0.05) is 12.6 Å². The van der Waals surface area contributed by atoms with Gasteiger partial charge in [0.2, 0.25) is 10.0 Å². The Kier molecular flexibility index (Phi) is 5.72. The van der Waals surface area contributed by atoms with Gasteiger partial charge in [0.25, 0.3) is 5.56 Å². The average Bonchev–Trinajstić information content (AvgIpc) is 2.66. The highest BCUT2D eigenvalue weighted by atomic mass is 35.5. The first-order valence-electron chi connectivity index (χ1n) is 8.42. The molecule has 1 atom stereocenters. The standard InChI is InChI=1S/C17H19Cl2N3O3S/c1-2-12-5-3-4-10-21(12)26(24,25)14-8-6-13(7-9-14)22-17(23)16(19)15(18)11-20-22/h6-9,11-12H,2-5,10H2,1H3/t12-/m1/s1. The summed E-state index contributed by atoms with van der Waals surface area (Å²) in [5, 5.41) is 3.89. The lowest BCUT2D eigenvalue weighted by molar-refractivity contribution is 0.246. The average molecular weight is 416 g/mol. The highest BCUT2D eigenvalue weighted by Crippen LogP contribution is 2.27. The number of hydrogen-bond acceptors (Lipinski definition) is 4. The normalized spacial score (nSPS) is 18.8. The summed E-state index contributed by atoms with van der Waals surface area (Å²) < 4.78 is 28.6. The van der Waals surface area contributed by atoms with Gasteiger partial charge in [-0.05, 0) is 43.5 Å². The van der Waals surface area contributed by atoms with Crippen molar-refractivity contribution in [1.29, 1.82) is 0 Å². The number of benzene rings is 1. The molecular weight excluding hydrogens is 397 g/mol. The van der Waals surface area contributed by atoms with Crippen molar-refractivity contribution in [2.45, 2.75) is 43.5 Å². The van der Waals surface area contributed by atoms with Gasteiger partial charge in [-0.25, -0.2) is 8.42 Å². The minimum absolute atomic E-state index is 0.0350. The van der Waals surface area contributed by atoms with E-state index in [1.165, 1.54) is 30.5 Å². The van der Waals surface area contributed by atoms with Gasteiger partial charge in [0.05, 0.1) is 21.8 Å². The van der Waals surface area contributed by atoms with Crippen molar-refractivity contribution in [3.8, 4) is 5.69 Å². The Labute approximate surface area is 162 Å². The summed E-state index contributed by atoms with van der Waals surface area (Å²) in [7, 11) is -3.57. The van der Waals surface area contributed by atoms with Crippen LogP contribution in [0, 0.1) is 0 Å². The smallest absolute Gasteiger partial charge is 0.266 e. The third kappa shape index (κ3) is 3.53. The van der Waals surface area contributed by atoms with Gasteiger partial charge in [-0.3, -0.25) is 4.79 Å². The minimum Gasteiger partial charge on any atom is -0.266 e. The molecule has 0 spiro atoms. The molecule has 0 unspecified atom stereocenters. The first kappa shape index (κ1) is 19.4. The maximum absolute atomic E-state index is 13.0. The van der Waals surface area contributed by atoms with Crippen LogP contribution in [-0.4, -0.2) is 35.1 Å². The molecule has 1 aliphatic rings. The van der Waals surface area contributed by atoms with E-state index in [1.54, 1.807) is 4.31 Å². The van der Waals surface area contributed by atoms with E-state index in [9.17, 15) is 13.2 Å². The molecule has 0 aliphatic carbocycles. The van der Waals surface area contributed by atoms with Crippen molar-refractivity contribution in [3.05, 3.63) is 50.9 Å². The summed E-state index contributed by atoms with van der Waals surface area (Å²) in [5.74, 6) is 0. The van der Waals surface area contributed by atoms with Crippen LogP contribution in [0.2, 0.25) is 10.0 Å². The highest BCUT2D eigenvalue weighted by molar-refractivity contribution is 7.89. The fourth-order valence-electron chi connectivity index (χ4n) is 3.19. The molecule has 9 heteroatoms. The van der Waals surface area contributed by atoms with E-state index in [0.29, 0.717) is 12.2 Å². The summed E-state index contributed by atoms with van der Waals surface area (Å²) in [6.07, 6.45) is 4.87. The van der Waals surface area contributed by atoms with Gasteiger partial charge >= 0.3 is 0 Å². The van der Waals surface area contributed by atoms with Crippen molar-refractivity contribution >= 4 is 33.2 Å². The van der Waals surface area contributed by atoms with Gasteiger partial charge in [-0.15, -0.1) is 0 Å². The molecule has 2 heterocycles. The van der Waals surface area contributed by atoms with Crippen molar-refractivity contribution in [1.82, 2.24) is 14.1 Å². The Morgan fingerprint density at radius 3 is 2.54 bits per heavy atom. The van der Waals surface area contributed by atoms with Crippen LogP contribution in [0.15, 0.2) is 40.2 Å². The summed E-state index contributed by atoms with van der Waals surface area (Å²) in [6.45, 7) is 2.54. The van der Waals surface area contributed by atoms with Gasteiger partial charge in [0.1, 0.15) is 5.02 Å². The maximum Gasteiger partial charge on any atom is 0.291 e. The summed E-state index contributed by atoms with van der Waals surface area (Å²) in [5.41, 5.74) is -0.143. The van der Waals surface area contributed by atoms with Crippen LogP contribution in [0.25, 0.3) is 5.69 Å². The molecule has 3 rings (SSSR count).